The third-order valence-corrected chi connectivity index (χ3v) is 4.16. The molecule has 21 heavy (non-hydrogen) atoms. The summed E-state index contributed by atoms with van der Waals surface area (Å²) in [4.78, 5) is 29.6. The number of pyridine rings is 1. The van der Waals surface area contributed by atoms with Gasteiger partial charge in [-0.15, -0.1) is 0 Å². The first kappa shape index (κ1) is 15.4. The summed E-state index contributed by atoms with van der Waals surface area (Å²) in [5, 5.41) is 11.8. The lowest BCUT2D eigenvalue weighted by molar-refractivity contribution is -0.121. The minimum absolute atomic E-state index is 0.0491. The lowest BCUT2D eigenvalue weighted by Crippen LogP contribution is -2.47. The van der Waals surface area contributed by atoms with Crippen molar-refractivity contribution in [2.24, 2.45) is 0 Å². The molecule has 1 saturated heterocycles. The zero-order valence-electron chi connectivity index (χ0n) is 12.5. The predicted octanol–water partition coefficient (Wildman–Crippen LogP) is 1.98. The molecule has 6 nitrogen and oxygen atoms in total. The molecule has 1 aliphatic rings. The second-order valence-corrected chi connectivity index (χ2v) is 5.61. The molecular weight excluding hydrogens is 270 g/mol. The van der Waals surface area contributed by atoms with Crippen molar-refractivity contribution in [2.75, 3.05) is 5.32 Å². The van der Waals surface area contributed by atoms with E-state index in [0.29, 0.717) is 12.1 Å². The highest BCUT2D eigenvalue weighted by Gasteiger charge is 2.34. The van der Waals surface area contributed by atoms with Gasteiger partial charge in [0.15, 0.2) is 0 Å². The highest BCUT2D eigenvalue weighted by molar-refractivity contribution is 6.01. The summed E-state index contributed by atoms with van der Waals surface area (Å²) in [6, 6.07) is 1.78. The smallest absolute Gasteiger partial charge is 0.337 e. The highest BCUT2D eigenvalue weighted by Crippen LogP contribution is 2.26. The Balaban J connectivity index is 2.13. The molecule has 1 fully saturated rings. The van der Waals surface area contributed by atoms with E-state index in [1.165, 1.54) is 18.5 Å². The molecule has 0 radical (unpaired) electrons. The Morgan fingerprint density at radius 1 is 1.38 bits per heavy atom. The number of aromatic nitrogens is 1. The molecule has 2 heterocycles. The van der Waals surface area contributed by atoms with Crippen LogP contribution in [-0.2, 0) is 4.79 Å². The quantitative estimate of drug-likeness (QED) is 0.886. The third-order valence-electron chi connectivity index (χ3n) is 4.16. The zero-order valence-corrected chi connectivity index (χ0v) is 12.5. The third kappa shape index (κ3) is 3.21. The molecule has 2 N–H and O–H groups in total. The molecule has 1 aromatic heterocycles. The van der Waals surface area contributed by atoms with Gasteiger partial charge in [-0.05, 0) is 39.7 Å². The zero-order chi connectivity index (χ0) is 15.6. The largest absolute Gasteiger partial charge is 0.478 e. The Bertz CT molecular complexity index is 537. The molecule has 0 bridgehead atoms. The minimum Gasteiger partial charge on any atom is -0.478 e. The van der Waals surface area contributed by atoms with Gasteiger partial charge in [-0.1, -0.05) is 0 Å². The fourth-order valence-electron chi connectivity index (χ4n) is 3.03. The van der Waals surface area contributed by atoms with Gasteiger partial charge >= 0.3 is 5.97 Å². The number of rotatable bonds is 4. The molecule has 6 heteroatoms. The van der Waals surface area contributed by atoms with Crippen LogP contribution in [0.1, 0.15) is 44.0 Å². The van der Waals surface area contributed by atoms with E-state index in [2.05, 4.69) is 29.0 Å². The monoisotopic (exact) mass is 291 g/mol. The normalized spacial score (nSPS) is 23.8. The van der Waals surface area contributed by atoms with Gasteiger partial charge < -0.3 is 10.4 Å². The van der Waals surface area contributed by atoms with Crippen LogP contribution in [0.15, 0.2) is 18.5 Å². The number of anilines is 1. The van der Waals surface area contributed by atoms with Crippen LogP contribution in [0.25, 0.3) is 0 Å². The molecule has 1 aliphatic heterocycles. The number of nitrogens with zero attached hydrogens (tertiary/aromatic N) is 2. The fourth-order valence-corrected chi connectivity index (χ4v) is 3.03. The average Bonchev–Trinajstić information content (AvgIpc) is 2.77. The Hall–Kier alpha value is -1.95. The molecular formula is C15H21N3O3. The molecule has 2 rings (SSSR count). The molecule has 0 aromatic carbocycles. The van der Waals surface area contributed by atoms with Crippen LogP contribution >= 0.6 is 0 Å². The lowest BCUT2D eigenvalue weighted by atomic mass is 10.2. The van der Waals surface area contributed by atoms with E-state index in [9.17, 15) is 9.59 Å². The van der Waals surface area contributed by atoms with E-state index < -0.39 is 5.97 Å². The maximum Gasteiger partial charge on any atom is 0.337 e. The van der Waals surface area contributed by atoms with Crippen molar-refractivity contribution in [3.8, 4) is 0 Å². The summed E-state index contributed by atoms with van der Waals surface area (Å²) in [7, 11) is 0. The molecule has 114 valence electrons. The minimum atomic E-state index is -1.08. The summed E-state index contributed by atoms with van der Waals surface area (Å²) < 4.78 is 0. The van der Waals surface area contributed by atoms with Gasteiger partial charge in [0.2, 0.25) is 5.91 Å². The summed E-state index contributed by atoms with van der Waals surface area (Å²) in [5.41, 5.74) is 0.287. The van der Waals surface area contributed by atoms with Gasteiger partial charge in [0.1, 0.15) is 0 Å². The first-order valence-electron chi connectivity index (χ1n) is 7.17. The Kier molecular flexibility index (Phi) is 4.57. The van der Waals surface area contributed by atoms with Crippen LogP contribution in [0.2, 0.25) is 0 Å². The van der Waals surface area contributed by atoms with Gasteiger partial charge in [-0.25, -0.2) is 4.79 Å². The number of amides is 1. The number of hydrogen-bond acceptors (Lipinski definition) is 4. The maximum absolute atomic E-state index is 12.4. The topological polar surface area (TPSA) is 82.5 Å². The van der Waals surface area contributed by atoms with E-state index in [4.69, 9.17) is 5.11 Å². The Morgan fingerprint density at radius 3 is 2.57 bits per heavy atom. The number of carboxylic acids is 1. The van der Waals surface area contributed by atoms with Crippen molar-refractivity contribution in [3.63, 3.8) is 0 Å². The first-order valence-corrected chi connectivity index (χ1v) is 7.17. The maximum atomic E-state index is 12.4. The predicted molar refractivity (Wildman–Crippen MR) is 79.3 cm³/mol. The van der Waals surface area contributed by atoms with Crippen LogP contribution in [0, 0.1) is 0 Å². The first-order chi connectivity index (χ1) is 9.91. The summed E-state index contributed by atoms with van der Waals surface area (Å²) in [5.74, 6) is -1.28. The highest BCUT2D eigenvalue weighted by atomic mass is 16.4. The van der Waals surface area contributed by atoms with Crippen LogP contribution in [0.4, 0.5) is 5.69 Å². The van der Waals surface area contributed by atoms with Gasteiger partial charge in [0, 0.05) is 18.3 Å². The molecule has 0 saturated carbocycles. The van der Waals surface area contributed by atoms with Crippen molar-refractivity contribution in [1.82, 2.24) is 9.88 Å². The SMILES string of the molecule is CC1CCC(C)N1C(C)C(=O)Nc1cnccc1C(=O)O. The number of carbonyl (C=O) groups excluding carboxylic acids is 1. The Morgan fingerprint density at radius 2 is 2.00 bits per heavy atom. The Labute approximate surface area is 124 Å². The molecule has 1 amide bonds. The van der Waals surface area contributed by atoms with Crippen molar-refractivity contribution >= 4 is 17.6 Å². The second kappa shape index (κ2) is 6.22. The van der Waals surface area contributed by atoms with Crippen molar-refractivity contribution in [1.29, 1.82) is 0 Å². The van der Waals surface area contributed by atoms with Crippen LogP contribution in [0.3, 0.4) is 0 Å². The fraction of sp³-hybridized carbons (Fsp3) is 0.533. The molecule has 3 unspecified atom stereocenters. The number of aromatic carboxylic acids is 1. The van der Waals surface area contributed by atoms with E-state index in [0.717, 1.165) is 12.8 Å². The van der Waals surface area contributed by atoms with Crippen LogP contribution in [0.5, 0.6) is 0 Å². The number of hydrogen-bond donors (Lipinski definition) is 2. The number of likely N-dealkylation sites (tertiary alicyclic amines) is 1. The number of carboxylic acid groups (broad SMARTS) is 1. The summed E-state index contributed by atoms with van der Waals surface area (Å²) in [6.45, 7) is 6.07. The number of carbonyl (C=O) groups is 2. The molecule has 1 aromatic rings. The van der Waals surface area contributed by atoms with Crippen LogP contribution < -0.4 is 5.32 Å². The lowest BCUT2D eigenvalue weighted by Gasteiger charge is -2.31. The second-order valence-electron chi connectivity index (χ2n) is 5.61. The summed E-state index contributed by atoms with van der Waals surface area (Å²) >= 11 is 0. The van der Waals surface area contributed by atoms with Crippen molar-refractivity contribution in [3.05, 3.63) is 24.0 Å². The summed E-state index contributed by atoms with van der Waals surface area (Å²) in [6.07, 6.45) is 4.91. The average molecular weight is 291 g/mol. The molecule has 0 spiro atoms. The van der Waals surface area contributed by atoms with E-state index >= 15 is 0 Å². The van der Waals surface area contributed by atoms with Crippen molar-refractivity contribution in [2.45, 2.75) is 51.7 Å². The van der Waals surface area contributed by atoms with Crippen LogP contribution in [-0.4, -0.2) is 45.0 Å². The van der Waals surface area contributed by atoms with Gasteiger partial charge in [-0.3, -0.25) is 14.7 Å². The van der Waals surface area contributed by atoms with E-state index in [-0.39, 0.29) is 23.2 Å². The molecule has 3 atom stereocenters. The van der Waals surface area contributed by atoms with Gasteiger partial charge in [-0.2, -0.15) is 0 Å². The standard InChI is InChI=1S/C15H21N3O3/c1-9-4-5-10(2)18(9)11(3)14(19)17-13-8-16-7-6-12(13)15(20)21/h6-11H,4-5H2,1-3H3,(H,17,19)(H,20,21). The molecule has 0 aliphatic carbocycles. The van der Waals surface area contributed by atoms with E-state index in [1.807, 2.05) is 6.92 Å². The van der Waals surface area contributed by atoms with Gasteiger partial charge in [0.25, 0.3) is 0 Å². The van der Waals surface area contributed by atoms with E-state index in [1.54, 1.807) is 0 Å². The number of nitrogens with one attached hydrogen (secondary N) is 1. The van der Waals surface area contributed by atoms with Crippen molar-refractivity contribution < 1.29 is 14.7 Å². The van der Waals surface area contributed by atoms with Gasteiger partial charge in [0.05, 0.1) is 23.5 Å².